The second kappa shape index (κ2) is 15.5. The minimum Gasteiger partial charge on any atom is -0.464 e. The standard InChI is InChI=1S/C27H21ClF18N4O3S/c1-3-50(14-6-4-13(5-7-14)48-49-18-47-17(28)15(12-51)54-18)10-11-53-16(52)8-9-20(30,31)23(36,37)25(40,41)26(42,43)24(38,39)21(32,33)19(2,29)22(34,35)27(44,45)46/h4-7,12H,3,8-11H2,1-2H3/b49-48+. The molecule has 306 valence electrons. The summed E-state index contributed by atoms with van der Waals surface area (Å²) in [6, 6.07) is 5.71. The number of esters is 1. The monoisotopic (exact) mass is 858 g/mol. The van der Waals surface area contributed by atoms with Crippen molar-refractivity contribution in [3.8, 4) is 0 Å². The number of nitrogens with zero attached hydrogens (tertiary/aromatic N) is 4. The van der Waals surface area contributed by atoms with E-state index in [0.717, 1.165) is 11.3 Å². The van der Waals surface area contributed by atoms with Crippen molar-refractivity contribution in [2.75, 3.05) is 24.6 Å². The van der Waals surface area contributed by atoms with Crippen molar-refractivity contribution in [3.05, 3.63) is 34.3 Å². The molecule has 54 heavy (non-hydrogen) atoms. The second-order valence-corrected chi connectivity index (χ2v) is 12.3. The summed E-state index contributed by atoms with van der Waals surface area (Å²) in [6.45, 7) is -1.12. The Kier molecular flexibility index (Phi) is 13.4. The summed E-state index contributed by atoms with van der Waals surface area (Å²) in [7, 11) is 0. The molecule has 0 bridgehead atoms. The van der Waals surface area contributed by atoms with Crippen molar-refractivity contribution in [1.82, 2.24) is 4.98 Å². The molecule has 0 radical (unpaired) electrons. The number of carbonyl (C=O) groups is 2. The summed E-state index contributed by atoms with van der Waals surface area (Å²) >= 11 is 6.56. The summed E-state index contributed by atoms with van der Waals surface area (Å²) < 4.78 is 251. The first-order valence-corrected chi connectivity index (χ1v) is 15.4. The van der Waals surface area contributed by atoms with Crippen LogP contribution in [0.5, 0.6) is 0 Å². The molecule has 1 unspecified atom stereocenters. The van der Waals surface area contributed by atoms with E-state index in [1.165, 1.54) is 29.2 Å². The fourth-order valence-electron chi connectivity index (χ4n) is 4.06. The topological polar surface area (TPSA) is 84.2 Å². The van der Waals surface area contributed by atoms with Crippen LogP contribution in [0.2, 0.25) is 5.15 Å². The van der Waals surface area contributed by atoms with Gasteiger partial charge in [0, 0.05) is 18.7 Å². The van der Waals surface area contributed by atoms with Crippen LogP contribution >= 0.6 is 22.9 Å². The van der Waals surface area contributed by atoms with Gasteiger partial charge in [-0.3, -0.25) is 9.59 Å². The molecule has 0 amide bonds. The fourth-order valence-corrected chi connectivity index (χ4v) is 4.94. The van der Waals surface area contributed by atoms with Crippen LogP contribution in [0.1, 0.15) is 36.4 Å². The van der Waals surface area contributed by atoms with Crippen LogP contribution in [0.25, 0.3) is 0 Å². The molecule has 0 aliphatic rings. The highest BCUT2D eigenvalue weighted by molar-refractivity contribution is 7.17. The number of hydrogen-bond donors (Lipinski definition) is 0. The van der Waals surface area contributed by atoms with Crippen molar-refractivity contribution in [2.24, 2.45) is 10.2 Å². The highest BCUT2D eigenvalue weighted by atomic mass is 35.5. The van der Waals surface area contributed by atoms with Crippen LogP contribution < -0.4 is 4.90 Å². The number of thiazole rings is 1. The Morgan fingerprint density at radius 3 is 1.76 bits per heavy atom. The van der Waals surface area contributed by atoms with Gasteiger partial charge in [0.2, 0.25) is 10.8 Å². The van der Waals surface area contributed by atoms with E-state index in [0.29, 0.717) is 12.0 Å². The number of halogens is 19. The van der Waals surface area contributed by atoms with E-state index in [1.807, 2.05) is 0 Å². The Balaban J connectivity index is 2.13. The maximum atomic E-state index is 14.2. The third-order valence-electron chi connectivity index (χ3n) is 7.39. The largest absolute Gasteiger partial charge is 0.464 e. The average molecular weight is 859 g/mol. The number of ether oxygens (including phenoxy) is 1. The van der Waals surface area contributed by atoms with Crippen molar-refractivity contribution < 1.29 is 93.4 Å². The Morgan fingerprint density at radius 1 is 0.796 bits per heavy atom. The Bertz CT molecular complexity index is 1670. The molecule has 1 atom stereocenters. The molecule has 2 rings (SSSR count). The highest BCUT2D eigenvalue weighted by Crippen LogP contribution is 2.65. The van der Waals surface area contributed by atoms with Crippen LogP contribution in [0, 0.1) is 0 Å². The third kappa shape index (κ3) is 8.17. The van der Waals surface area contributed by atoms with Gasteiger partial charge in [-0.15, -0.1) is 10.2 Å². The molecule has 1 heterocycles. The van der Waals surface area contributed by atoms with Gasteiger partial charge in [-0.05, 0) is 38.1 Å². The molecule has 2 aromatic rings. The second-order valence-electron chi connectivity index (χ2n) is 10.9. The molecule has 0 spiro atoms. The molecule has 27 heteroatoms. The van der Waals surface area contributed by atoms with Gasteiger partial charge in [-0.2, -0.15) is 74.6 Å². The van der Waals surface area contributed by atoms with E-state index in [2.05, 4.69) is 19.9 Å². The predicted molar refractivity (Wildman–Crippen MR) is 151 cm³/mol. The molecule has 0 saturated heterocycles. The quantitative estimate of drug-likeness (QED) is 0.0645. The van der Waals surface area contributed by atoms with Crippen molar-refractivity contribution in [2.45, 2.75) is 80.0 Å². The average Bonchev–Trinajstić information content (AvgIpc) is 3.43. The van der Waals surface area contributed by atoms with Gasteiger partial charge >= 0.3 is 53.6 Å². The number of alkyl halides is 18. The number of rotatable bonds is 18. The SMILES string of the molecule is CCN(CCOC(=O)CCC(F)(F)C(F)(F)C(F)(F)C(F)(F)C(F)(F)C(F)(F)C(C)(F)C(F)(F)C(F)(F)F)c1ccc(/N=N/c2nc(Cl)c(C=O)s2)cc1. The number of benzene rings is 1. The van der Waals surface area contributed by atoms with Gasteiger partial charge in [-0.25, -0.2) is 9.37 Å². The minimum absolute atomic E-state index is 0.0428. The van der Waals surface area contributed by atoms with E-state index in [-0.39, 0.29) is 33.9 Å². The number of aldehydes is 1. The number of azo groups is 1. The number of carbonyl (C=O) groups excluding carboxylic acids is 2. The molecule has 0 aliphatic carbocycles. The van der Waals surface area contributed by atoms with Crippen LogP contribution in [-0.4, -0.2) is 90.2 Å². The first-order valence-electron chi connectivity index (χ1n) is 14.2. The minimum atomic E-state index is -8.67. The van der Waals surface area contributed by atoms with Gasteiger partial charge in [0.1, 0.15) is 11.5 Å². The van der Waals surface area contributed by atoms with Crippen LogP contribution in [-0.2, 0) is 9.53 Å². The zero-order valence-electron chi connectivity index (χ0n) is 26.5. The van der Waals surface area contributed by atoms with Crippen LogP contribution in [0.4, 0.5) is 95.5 Å². The molecular formula is C27H21ClF18N4O3S. The molecule has 0 N–H and O–H groups in total. The first kappa shape index (κ1) is 46.6. The Morgan fingerprint density at radius 2 is 1.30 bits per heavy atom. The lowest BCUT2D eigenvalue weighted by Gasteiger charge is -2.45. The summed E-state index contributed by atoms with van der Waals surface area (Å²) in [5.74, 6) is -58.3. The molecule has 1 aromatic carbocycles. The summed E-state index contributed by atoms with van der Waals surface area (Å²) in [6.07, 6.45) is -12.1. The van der Waals surface area contributed by atoms with Gasteiger partial charge in [-0.1, -0.05) is 22.9 Å². The van der Waals surface area contributed by atoms with Gasteiger partial charge in [0.25, 0.3) is 0 Å². The van der Waals surface area contributed by atoms with Crippen molar-refractivity contribution in [1.29, 1.82) is 0 Å². The molecule has 0 fully saturated rings. The van der Waals surface area contributed by atoms with E-state index < -0.39 is 85.6 Å². The fraction of sp³-hybridized carbons (Fsp3) is 0.593. The van der Waals surface area contributed by atoms with Gasteiger partial charge < -0.3 is 9.64 Å². The predicted octanol–water partition coefficient (Wildman–Crippen LogP) is 10.9. The Labute approximate surface area is 299 Å². The molecule has 7 nitrogen and oxygen atoms in total. The summed E-state index contributed by atoms with van der Waals surface area (Å²) in [5.41, 5.74) is -6.63. The van der Waals surface area contributed by atoms with E-state index in [9.17, 15) is 88.6 Å². The van der Waals surface area contributed by atoms with Gasteiger partial charge in [0.05, 0.1) is 18.7 Å². The zero-order chi connectivity index (χ0) is 42.1. The lowest BCUT2D eigenvalue weighted by molar-refractivity contribution is -0.450. The van der Waals surface area contributed by atoms with E-state index in [4.69, 9.17) is 11.6 Å². The lowest BCUT2D eigenvalue weighted by atomic mass is 9.82. The highest BCUT2D eigenvalue weighted by Gasteiger charge is 2.94. The van der Waals surface area contributed by atoms with Crippen LogP contribution in [0.3, 0.4) is 0 Å². The molecular weight excluding hydrogens is 838 g/mol. The van der Waals surface area contributed by atoms with Crippen LogP contribution in [0.15, 0.2) is 34.5 Å². The molecule has 0 saturated carbocycles. The number of anilines is 1. The van der Waals surface area contributed by atoms with Crippen molar-refractivity contribution >= 4 is 51.7 Å². The van der Waals surface area contributed by atoms with Crippen molar-refractivity contribution in [3.63, 3.8) is 0 Å². The molecule has 1 aromatic heterocycles. The zero-order valence-corrected chi connectivity index (χ0v) is 28.1. The number of likely N-dealkylation sites (N-methyl/N-ethyl adjacent to an activating group) is 1. The normalized spacial score (nSPS) is 15.4. The molecule has 0 aliphatic heterocycles. The smallest absolute Gasteiger partial charge is 0.457 e. The maximum absolute atomic E-state index is 14.2. The summed E-state index contributed by atoms with van der Waals surface area (Å²) in [4.78, 5) is 28.1. The first-order chi connectivity index (χ1) is 24.2. The van der Waals surface area contributed by atoms with E-state index in [1.54, 1.807) is 6.92 Å². The number of hydrogen-bond acceptors (Lipinski definition) is 8. The number of aromatic nitrogens is 1. The Hall–Kier alpha value is -3.58. The van der Waals surface area contributed by atoms with Gasteiger partial charge in [0.15, 0.2) is 11.4 Å². The maximum Gasteiger partial charge on any atom is 0.457 e. The lowest BCUT2D eigenvalue weighted by Crippen LogP contribution is -2.76. The summed E-state index contributed by atoms with van der Waals surface area (Å²) in [5, 5.41) is 7.61. The third-order valence-corrected chi connectivity index (χ3v) is 8.66. The van der Waals surface area contributed by atoms with E-state index >= 15 is 0 Å².